The molecule has 2 aromatic rings. The minimum absolute atomic E-state index is 0.559. The number of hydrogen-bond acceptors (Lipinski definition) is 3. The molecule has 0 aliphatic heterocycles. The van der Waals surface area contributed by atoms with Crippen LogP contribution in [0.4, 0.5) is 0 Å². The van der Waals surface area contributed by atoms with Gasteiger partial charge in [-0.2, -0.15) is 5.10 Å². The number of terminal acetylenes is 1. The van der Waals surface area contributed by atoms with Crippen LogP contribution in [0.25, 0.3) is 0 Å². The van der Waals surface area contributed by atoms with Gasteiger partial charge in [0.15, 0.2) is 5.75 Å². The molecule has 1 heterocycles. The highest BCUT2D eigenvalue weighted by Gasteiger charge is 2.17. The fourth-order valence-electron chi connectivity index (χ4n) is 2.30. The van der Waals surface area contributed by atoms with Crippen molar-refractivity contribution in [3.8, 4) is 23.8 Å². The van der Waals surface area contributed by atoms with Gasteiger partial charge in [-0.25, -0.2) is 0 Å². The maximum Gasteiger partial charge on any atom is 0.171 e. The molecule has 21 heavy (non-hydrogen) atoms. The third kappa shape index (κ3) is 3.26. The Morgan fingerprint density at radius 2 is 2.14 bits per heavy atom. The molecular weight excluding hydrogens is 262 g/mol. The van der Waals surface area contributed by atoms with E-state index in [4.69, 9.17) is 16.9 Å². The van der Waals surface area contributed by atoms with Crippen molar-refractivity contribution < 1.29 is 4.74 Å². The smallest absolute Gasteiger partial charge is 0.171 e. The van der Waals surface area contributed by atoms with Crippen LogP contribution in [0.5, 0.6) is 11.5 Å². The first-order valence-electron chi connectivity index (χ1n) is 7.26. The van der Waals surface area contributed by atoms with Crippen molar-refractivity contribution in [1.29, 1.82) is 0 Å². The van der Waals surface area contributed by atoms with Crippen molar-refractivity contribution in [2.75, 3.05) is 6.54 Å². The van der Waals surface area contributed by atoms with Crippen LogP contribution in [-0.4, -0.2) is 16.3 Å². The highest BCUT2D eigenvalue weighted by molar-refractivity contribution is 5.43. The van der Waals surface area contributed by atoms with Crippen LogP contribution >= 0.6 is 0 Å². The minimum atomic E-state index is 0.559. The van der Waals surface area contributed by atoms with E-state index in [0.717, 1.165) is 41.3 Å². The zero-order valence-corrected chi connectivity index (χ0v) is 12.6. The highest BCUT2D eigenvalue weighted by Crippen LogP contribution is 2.30. The van der Waals surface area contributed by atoms with Crippen molar-refractivity contribution >= 4 is 0 Å². The molecule has 1 aromatic carbocycles. The molecule has 110 valence electrons. The zero-order valence-electron chi connectivity index (χ0n) is 12.6. The van der Waals surface area contributed by atoms with Gasteiger partial charge < -0.3 is 10.5 Å². The van der Waals surface area contributed by atoms with Gasteiger partial charge in [-0.15, -0.1) is 6.42 Å². The van der Waals surface area contributed by atoms with Crippen molar-refractivity contribution in [3.63, 3.8) is 0 Å². The Morgan fingerprint density at radius 1 is 1.33 bits per heavy atom. The van der Waals surface area contributed by atoms with Gasteiger partial charge in [-0.3, -0.25) is 4.68 Å². The topological polar surface area (TPSA) is 53.1 Å². The Hall–Kier alpha value is -2.25. The first-order valence-corrected chi connectivity index (χ1v) is 7.26. The Morgan fingerprint density at radius 3 is 2.76 bits per heavy atom. The minimum Gasteiger partial charge on any atom is -0.453 e. The molecule has 0 fully saturated rings. The van der Waals surface area contributed by atoms with Crippen LogP contribution < -0.4 is 10.5 Å². The van der Waals surface area contributed by atoms with Gasteiger partial charge >= 0.3 is 0 Å². The van der Waals surface area contributed by atoms with Crippen LogP contribution in [0, 0.1) is 12.3 Å². The summed E-state index contributed by atoms with van der Waals surface area (Å²) in [7, 11) is 0. The number of rotatable bonds is 6. The second-order valence-corrected chi connectivity index (χ2v) is 4.72. The van der Waals surface area contributed by atoms with Crippen LogP contribution in [0.15, 0.2) is 24.3 Å². The summed E-state index contributed by atoms with van der Waals surface area (Å²) in [6.45, 7) is 5.42. The molecule has 0 atom stereocenters. The summed E-state index contributed by atoms with van der Waals surface area (Å²) in [5.41, 5.74) is 8.48. The molecule has 0 saturated carbocycles. The van der Waals surface area contributed by atoms with E-state index in [-0.39, 0.29) is 0 Å². The lowest BCUT2D eigenvalue weighted by Crippen LogP contribution is -2.13. The lowest BCUT2D eigenvalue weighted by atomic mass is 10.2. The summed E-state index contributed by atoms with van der Waals surface area (Å²) in [6, 6.07) is 7.54. The quantitative estimate of drug-likeness (QED) is 0.829. The van der Waals surface area contributed by atoms with Gasteiger partial charge in [-0.1, -0.05) is 25.8 Å². The first kappa shape index (κ1) is 15.1. The zero-order chi connectivity index (χ0) is 15.2. The van der Waals surface area contributed by atoms with E-state index < -0.39 is 0 Å². The number of aromatic nitrogens is 2. The Balaban J connectivity index is 2.39. The molecular formula is C17H21N3O. The Labute approximate surface area is 125 Å². The van der Waals surface area contributed by atoms with E-state index in [1.807, 2.05) is 28.9 Å². The van der Waals surface area contributed by atoms with Gasteiger partial charge in [0.2, 0.25) is 0 Å². The molecule has 0 aliphatic rings. The van der Waals surface area contributed by atoms with Crippen molar-refractivity contribution in [2.24, 2.45) is 5.73 Å². The van der Waals surface area contributed by atoms with E-state index in [0.29, 0.717) is 13.1 Å². The molecule has 0 amide bonds. The lowest BCUT2D eigenvalue weighted by Gasteiger charge is -2.09. The fourth-order valence-corrected chi connectivity index (χ4v) is 2.30. The Kier molecular flexibility index (Phi) is 5.02. The predicted molar refractivity (Wildman–Crippen MR) is 84.5 cm³/mol. The molecule has 0 aliphatic carbocycles. The van der Waals surface area contributed by atoms with E-state index in [9.17, 15) is 0 Å². The Bertz CT molecular complexity index is 653. The normalized spacial score (nSPS) is 10.4. The van der Waals surface area contributed by atoms with Crippen molar-refractivity contribution in [1.82, 2.24) is 9.78 Å². The predicted octanol–water partition coefficient (Wildman–Crippen LogP) is 2.74. The van der Waals surface area contributed by atoms with Gasteiger partial charge in [0, 0.05) is 12.1 Å². The van der Waals surface area contributed by atoms with Crippen LogP contribution in [-0.2, 0) is 19.4 Å². The average Bonchev–Trinajstić information content (AvgIpc) is 2.84. The van der Waals surface area contributed by atoms with E-state index >= 15 is 0 Å². The van der Waals surface area contributed by atoms with E-state index in [2.05, 4.69) is 24.9 Å². The second kappa shape index (κ2) is 6.96. The number of nitrogens with zero attached hydrogens (tertiary/aromatic N) is 2. The number of ether oxygens (including phenoxy) is 1. The van der Waals surface area contributed by atoms with Crippen LogP contribution in [0.2, 0.25) is 0 Å². The summed E-state index contributed by atoms with van der Waals surface area (Å²) < 4.78 is 8.02. The van der Waals surface area contributed by atoms with Gasteiger partial charge in [0.05, 0.1) is 12.2 Å². The van der Waals surface area contributed by atoms with Crippen molar-refractivity contribution in [2.45, 2.75) is 33.2 Å². The molecule has 2 rings (SSSR count). The lowest BCUT2D eigenvalue weighted by molar-refractivity contribution is 0.468. The SMILES string of the molecule is C#Cc1cccc(Oc2c(CC)nn(CCN)c2CC)c1. The number of aryl methyl sites for hydroxylation is 1. The second-order valence-electron chi connectivity index (χ2n) is 4.72. The fraction of sp³-hybridized carbons (Fsp3) is 0.353. The summed E-state index contributed by atoms with van der Waals surface area (Å²) in [5.74, 6) is 4.19. The van der Waals surface area contributed by atoms with E-state index in [1.165, 1.54) is 0 Å². The van der Waals surface area contributed by atoms with Crippen molar-refractivity contribution in [3.05, 3.63) is 41.2 Å². The summed E-state index contributed by atoms with van der Waals surface area (Å²) in [4.78, 5) is 0. The molecule has 4 nitrogen and oxygen atoms in total. The molecule has 2 N–H and O–H groups in total. The largest absolute Gasteiger partial charge is 0.453 e. The van der Waals surface area contributed by atoms with Gasteiger partial charge in [0.1, 0.15) is 11.4 Å². The maximum atomic E-state index is 6.07. The molecule has 0 unspecified atom stereocenters. The van der Waals surface area contributed by atoms with Crippen LogP contribution in [0.1, 0.15) is 30.8 Å². The summed E-state index contributed by atoms with van der Waals surface area (Å²) in [5, 5.41) is 4.60. The third-order valence-corrected chi connectivity index (χ3v) is 3.31. The highest BCUT2D eigenvalue weighted by atomic mass is 16.5. The van der Waals surface area contributed by atoms with Crippen LogP contribution in [0.3, 0.4) is 0 Å². The standard InChI is InChI=1S/C17H21N3O/c1-4-13-8-7-9-14(12-13)21-17-15(5-2)19-20(11-10-18)16(17)6-3/h1,7-9,12H,5-6,10-11,18H2,2-3H3. The van der Waals surface area contributed by atoms with E-state index in [1.54, 1.807) is 0 Å². The maximum absolute atomic E-state index is 6.07. The monoisotopic (exact) mass is 283 g/mol. The number of benzene rings is 1. The molecule has 0 bridgehead atoms. The summed E-state index contributed by atoms with van der Waals surface area (Å²) in [6.07, 6.45) is 7.09. The first-order chi connectivity index (χ1) is 10.2. The molecule has 0 saturated heterocycles. The molecule has 1 aromatic heterocycles. The number of nitrogens with two attached hydrogens (primary N) is 1. The molecule has 0 spiro atoms. The number of hydrogen-bond donors (Lipinski definition) is 1. The average molecular weight is 283 g/mol. The molecule has 4 heteroatoms. The third-order valence-electron chi connectivity index (χ3n) is 3.31. The van der Waals surface area contributed by atoms with Gasteiger partial charge in [0.25, 0.3) is 0 Å². The van der Waals surface area contributed by atoms with Gasteiger partial charge in [-0.05, 0) is 31.0 Å². The molecule has 0 radical (unpaired) electrons. The summed E-state index contributed by atoms with van der Waals surface area (Å²) >= 11 is 0.